The zero-order chi connectivity index (χ0) is 17.2. The van der Waals surface area contributed by atoms with Crippen molar-refractivity contribution in [3.05, 3.63) is 83.4 Å². The summed E-state index contributed by atoms with van der Waals surface area (Å²) in [5.41, 5.74) is 3.15. The van der Waals surface area contributed by atoms with Gasteiger partial charge in [-0.25, -0.2) is 0 Å². The van der Waals surface area contributed by atoms with Gasteiger partial charge >= 0.3 is 0 Å². The third-order valence-electron chi connectivity index (χ3n) is 4.41. The van der Waals surface area contributed by atoms with Crippen LogP contribution >= 0.6 is 23.8 Å². The molecule has 1 aliphatic heterocycles. The Hall–Kier alpha value is -2.37. The van der Waals surface area contributed by atoms with Crippen LogP contribution in [-0.2, 0) is 6.54 Å². The number of aromatic nitrogens is 2. The lowest BCUT2D eigenvalue weighted by molar-refractivity contribution is 0.293. The first-order chi connectivity index (χ1) is 12.2. The van der Waals surface area contributed by atoms with E-state index in [1.165, 1.54) is 5.69 Å². The molecular weight excluding hydrogens is 352 g/mol. The van der Waals surface area contributed by atoms with E-state index in [-0.39, 0.29) is 6.04 Å². The average Bonchev–Trinajstić information content (AvgIpc) is 3.12. The molecule has 0 spiro atoms. The number of hydrogen-bond acceptors (Lipinski definition) is 2. The molecule has 1 atom stereocenters. The Bertz CT molecular complexity index is 893. The summed E-state index contributed by atoms with van der Waals surface area (Å²) in [6, 6.07) is 15.9. The summed E-state index contributed by atoms with van der Waals surface area (Å²) < 4.78 is 2.27. The van der Waals surface area contributed by atoms with E-state index in [1.54, 1.807) is 6.20 Å². The van der Waals surface area contributed by atoms with Crippen LogP contribution in [0.4, 0.5) is 5.69 Å². The number of thiocarbonyl (C=S) groups is 1. The number of hydrogen-bond donors (Lipinski definition) is 1. The number of rotatable bonds is 2. The molecule has 0 saturated carbocycles. The molecule has 0 fully saturated rings. The van der Waals surface area contributed by atoms with Crippen LogP contribution in [0.15, 0.2) is 67.1 Å². The lowest BCUT2D eigenvalue weighted by atomic mass is 10.0. The molecule has 126 valence electrons. The molecule has 6 heteroatoms. The predicted octanol–water partition coefficient (Wildman–Crippen LogP) is 4.34. The summed E-state index contributed by atoms with van der Waals surface area (Å²) in [7, 11) is 0. The second kappa shape index (κ2) is 6.86. The highest BCUT2D eigenvalue weighted by Crippen LogP contribution is 2.33. The topological polar surface area (TPSA) is 33.1 Å². The van der Waals surface area contributed by atoms with Crippen molar-refractivity contribution < 1.29 is 0 Å². The first kappa shape index (κ1) is 16.1. The highest BCUT2D eigenvalue weighted by Gasteiger charge is 2.30. The Balaban J connectivity index is 1.68. The van der Waals surface area contributed by atoms with Crippen molar-refractivity contribution in [2.45, 2.75) is 12.6 Å². The Morgan fingerprint density at radius 2 is 2.00 bits per heavy atom. The minimum Gasteiger partial charge on any atom is -0.348 e. The first-order valence-corrected chi connectivity index (χ1v) is 8.90. The molecule has 1 aromatic carbocycles. The lowest BCUT2D eigenvalue weighted by Gasteiger charge is -2.39. The molecule has 0 unspecified atom stereocenters. The maximum atomic E-state index is 6.27. The van der Waals surface area contributed by atoms with Crippen LogP contribution in [0, 0.1) is 0 Å². The van der Waals surface area contributed by atoms with Crippen molar-refractivity contribution in [1.29, 1.82) is 0 Å². The standard InChI is InChI=1S/C19H17ClN4S/c20-15-6-1-2-7-16(15)22-19(25)24-12-11-23-10-4-8-17(23)18(24)14-5-3-9-21-13-14/h1-10,13,18H,11-12H2,(H,22,25)/t18-/m0/s1. The molecule has 4 rings (SSSR count). The van der Waals surface area contributed by atoms with Gasteiger partial charge in [0.15, 0.2) is 5.11 Å². The number of nitrogens with zero attached hydrogens (tertiary/aromatic N) is 3. The molecule has 0 amide bonds. The van der Waals surface area contributed by atoms with Gasteiger partial charge in [-0.05, 0) is 48.1 Å². The van der Waals surface area contributed by atoms with Crippen molar-refractivity contribution in [2.75, 3.05) is 11.9 Å². The summed E-state index contributed by atoms with van der Waals surface area (Å²) in [6.07, 6.45) is 5.80. The van der Waals surface area contributed by atoms with Crippen LogP contribution in [0.25, 0.3) is 0 Å². The van der Waals surface area contributed by atoms with Crippen LogP contribution in [0.5, 0.6) is 0 Å². The number of fused-ring (bicyclic) bond motifs is 1. The van der Waals surface area contributed by atoms with Gasteiger partial charge in [-0.2, -0.15) is 0 Å². The van der Waals surface area contributed by atoms with Crippen LogP contribution in [0.1, 0.15) is 17.3 Å². The highest BCUT2D eigenvalue weighted by molar-refractivity contribution is 7.80. The predicted molar refractivity (Wildman–Crippen MR) is 105 cm³/mol. The average molecular weight is 369 g/mol. The Morgan fingerprint density at radius 3 is 2.80 bits per heavy atom. The molecule has 1 aliphatic rings. The molecule has 3 heterocycles. The zero-order valence-electron chi connectivity index (χ0n) is 13.5. The summed E-state index contributed by atoms with van der Waals surface area (Å²) in [5.74, 6) is 0. The van der Waals surface area contributed by atoms with E-state index < -0.39 is 0 Å². The summed E-state index contributed by atoms with van der Waals surface area (Å²) in [6.45, 7) is 1.71. The number of pyridine rings is 1. The van der Waals surface area contributed by atoms with Gasteiger partial charge in [0.1, 0.15) is 0 Å². The van der Waals surface area contributed by atoms with Crippen LogP contribution in [0.3, 0.4) is 0 Å². The normalized spacial score (nSPS) is 16.4. The summed E-state index contributed by atoms with van der Waals surface area (Å²) in [5, 5.41) is 4.62. The van der Waals surface area contributed by atoms with Gasteiger partial charge < -0.3 is 14.8 Å². The van der Waals surface area contributed by atoms with Gasteiger partial charge in [-0.15, -0.1) is 0 Å². The van der Waals surface area contributed by atoms with Crippen LogP contribution in [0.2, 0.25) is 5.02 Å². The second-order valence-corrected chi connectivity index (χ2v) is 6.71. The van der Waals surface area contributed by atoms with Gasteiger partial charge in [-0.3, -0.25) is 4.98 Å². The number of halogens is 1. The summed E-state index contributed by atoms with van der Waals surface area (Å²) in [4.78, 5) is 6.49. The van der Waals surface area contributed by atoms with Gasteiger partial charge in [0.05, 0.1) is 16.8 Å². The largest absolute Gasteiger partial charge is 0.348 e. The van der Waals surface area contributed by atoms with E-state index >= 15 is 0 Å². The van der Waals surface area contributed by atoms with Gasteiger partial charge in [0.25, 0.3) is 0 Å². The fourth-order valence-electron chi connectivity index (χ4n) is 3.24. The first-order valence-electron chi connectivity index (χ1n) is 8.11. The number of benzene rings is 1. The second-order valence-electron chi connectivity index (χ2n) is 5.92. The minimum atomic E-state index is 0.0277. The van der Waals surface area contributed by atoms with Crippen molar-refractivity contribution >= 4 is 34.6 Å². The van der Waals surface area contributed by atoms with Gasteiger partial charge in [0, 0.05) is 37.4 Å². The molecule has 1 N–H and O–H groups in total. The fourth-order valence-corrected chi connectivity index (χ4v) is 3.73. The van der Waals surface area contributed by atoms with E-state index in [2.05, 4.69) is 44.2 Å². The lowest BCUT2D eigenvalue weighted by Crippen LogP contribution is -2.44. The van der Waals surface area contributed by atoms with Gasteiger partial charge in [0.2, 0.25) is 0 Å². The Kier molecular flexibility index (Phi) is 4.42. The minimum absolute atomic E-state index is 0.0277. The van der Waals surface area contributed by atoms with Crippen LogP contribution in [-0.4, -0.2) is 26.1 Å². The Labute approximate surface area is 157 Å². The van der Waals surface area contributed by atoms with Crippen molar-refractivity contribution in [1.82, 2.24) is 14.5 Å². The Morgan fingerprint density at radius 1 is 1.12 bits per heavy atom. The molecular formula is C19H17ClN4S. The number of nitrogens with one attached hydrogen (secondary N) is 1. The SMILES string of the molecule is S=C(Nc1ccccc1Cl)N1CCn2cccc2[C@@H]1c1cccnc1. The van der Waals surface area contributed by atoms with Crippen molar-refractivity contribution in [3.8, 4) is 0 Å². The zero-order valence-corrected chi connectivity index (χ0v) is 15.0. The number of anilines is 1. The monoisotopic (exact) mass is 368 g/mol. The smallest absolute Gasteiger partial charge is 0.174 e. The quantitative estimate of drug-likeness (QED) is 0.682. The molecule has 3 aromatic rings. The van der Waals surface area contributed by atoms with E-state index in [0.29, 0.717) is 10.1 Å². The van der Waals surface area contributed by atoms with Crippen LogP contribution < -0.4 is 5.32 Å². The third kappa shape index (κ3) is 3.13. The van der Waals surface area contributed by atoms with Crippen molar-refractivity contribution in [2.24, 2.45) is 0 Å². The molecule has 25 heavy (non-hydrogen) atoms. The maximum absolute atomic E-state index is 6.27. The number of para-hydroxylation sites is 1. The molecule has 0 aliphatic carbocycles. The molecule has 2 aromatic heterocycles. The fraction of sp³-hybridized carbons (Fsp3) is 0.158. The molecule has 0 saturated heterocycles. The van der Waals surface area contributed by atoms with E-state index in [9.17, 15) is 0 Å². The molecule has 0 radical (unpaired) electrons. The summed E-state index contributed by atoms with van der Waals surface area (Å²) >= 11 is 12.0. The molecule has 4 nitrogen and oxygen atoms in total. The third-order valence-corrected chi connectivity index (χ3v) is 5.08. The highest BCUT2D eigenvalue weighted by atomic mass is 35.5. The van der Waals surface area contributed by atoms with E-state index in [1.807, 2.05) is 36.5 Å². The van der Waals surface area contributed by atoms with Crippen molar-refractivity contribution in [3.63, 3.8) is 0 Å². The maximum Gasteiger partial charge on any atom is 0.174 e. The van der Waals surface area contributed by atoms with E-state index in [4.69, 9.17) is 23.8 Å². The van der Waals surface area contributed by atoms with Gasteiger partial charge in [-0.1, -0.05) is 29.8 Å². The molecule has 0 bridgehead atoms. The van der Waals surface area contributed by atoms with E-state index in [0.717, 1.165) is 24.3 Å².